The molecule has 3 rings (SSSR count). The number of halogens is 2. The average molecular weight is 424 g/mol. The molecule has 9 heteroatoms. The third-order valence-corrected chi connectivity index (χ3v) is 5.28. The molecule has 0 aliphatic heterocycles. The topological polar surface area (TPSA) is 64.9 Å². The van der Waals surface area contributed by atoms with Crippen LogP contribution in [-0.2, 0) is 20.2 Å². The molecule has 6 nitrogen and oxygen atoms in total. The number of aromatic nitrogens is 4. The molecule has 0 fully saturated rings. The van der Waals surface area contributed by atoms with Crippen molar-refractivity contribution in [3.8, 4) is 5.75 Å². The molecule has 142 valence electrons. The molecule has 0 aliphatic rings. The molecule has 0 bridgehead atoms. The summed E-state index contributed by atoms with van der Waals surface area (Å²) in [5.41, 5.74) is 2.06. The predicted molar refractivity (Wildman–Crippen MR) is 108 cm³/mol. The maximum atomic E-state index is 6.36. The van der Waals surface area contributed by atoms with Crippen LogP contribution >= 0.6 is 35.0 Å². The van der Waals surface area contributed by atoms with Gasteiger partial charge in [-0.05, 0) is 33.7 Å². The second-order valence-corrected chi connectivity index (χ2v) is 7.65. The number of rotatable bonds is 9. The van der Waals surface area contributed by atoms with Crippen LogP contribution in [0.2, 0.25) is 10.0 Å². The van der Waals surface area contributed by atoms with E-state index >= 15 is 0 Å². The quantitative estimate of drug-likeness (QED) is 0.414. The molecule has 0 saturated carbocycles. The first-order valence-corrected chi connectivity index (χ1v) is 10.1. The van der Waals surface area contributed by atoms with Gasteiger partial charge in [-0.2, -0.15) is 0 Å². The molecule has 3 aromatic rings. The van der Waals surface area contributed by atoms with Crippen molar-refractivity contribution in [2.24, 2.45) is 7.05 Å². The lowest BCUT2D eigenvalue weighted by molar-refractivity contribution is 0.306. The highest BCUT2D eigenvalue weighted by atomic mass is 35.5. The zero-order valence-electron chi connectivity index (χ0n) is 14.7. The minimum atomic E-state index is 0.423. The predicted octanol–water partition coefficient (Wildman–Crippen LogP) is 3.98. The van der Waals surface area contributed by atoms with Crippen molar-refractivity contribution < 1.29 is 4.74 Å². The van der Waals surface area contributed by atoms with Crippen LogP contribution in [0.25, 0.3) is 0 Å². The first-order chi connectivity index (χ1) is 13.1. The van der Waals surface area contributed by atoms with E-state index in [2.05, 4.69) is 20.8 Å². The van der Waals surface area contributed by atoms with Crippen molar-refractivity contribution in [1.29, 1.82) is 0 Å². The molecular formula is C18H19Cl2N5OS. The van der Waals surface area contributed by atoms with Gasteiger partial charge in [0, 0.05) is 25.9 Å². The summed E-state index contributed by atoms with van der Waals surface area (Å²) in [7, 11) is 1.82. The van der Waals surface area contributed by atoms with Gasteiger partial charge in [0.25, 0.3) is 0 Å². The van der Waals surface area contributed by atoms with Gasteiger partial charge >= 0.3 is 0 Å². The Balaban J connectivity index is 1.48. The molecule has 0 amide bonds. The largest absolute Gasteiger partial charge is 0.486 e. The van der Waals surface area contributed by atoms with Crippen LogP contribution in [0, 0.1) is 0 Å². The number of ether oxygens (including phenoxy) is 1. The van der Waals surface area contributed by atoms with Crippen LogP contribution in [-0.4, -0.2) is 32.5 Å². The lowest BCUT2D eigenvalue weighted by Crippen LogP contribution is -2.16. The van der Waals surface area contributed by atoms with E-state index in [-0.39, 0.29) is 0 Å². The number of thioether (sulfide) groups is 1. The van der Waals surface area contributed by atoms with Crippen molar-refractivity contribution in [1.82, 2.24) is 25.5 Å². The van der Waals surface area contributed by atoms with Gasteiger partial charge in [-0.15, -0.1) is 5.10 Å². The van der Waals surface area contributed by atoms with Crippen LogP contribution < -0.4 is 10.1 Å². The highest BCUT2D eigenvalue weighted by Gasteiger charge is 2.10. The van der Waals surface area contributed by atoms with Gasteiger partial charge in [0.1, 0.15) is 6.61 Å². The zero-order valence-corrected chi connectivity index (χ0v) is 17.1. The molecule has 0 radical (unpaired) electrons. The summed E-state index contributed by atoms with van der Waals surface area (Å²) in [6.07, 6.45) is 0. The van der Waals surface area contributed by atoms with Gasteiger partial charge in [0.2, 0.25) is 5.16 Å². The minimum absolute atomic E-state index is 0.423. The summed E-state index contributed by atoms with van der Waals surface area (Å²) < 4.78 is 7.45. The lowest BCUT2D eigenvalue weighted by Gasteiger charge is -2.12. The molecule has 0 spiro atoms. The zero-order chi connectivity index (χ0) is 19.1. The Morgan fingerprint density at radius 1 is 1.11 bits per heavy atom. The van der Waals surface area contributed by atoms with Crippen LogP contribution in [0.3, 0.4) is 0 Å². The van der Waals surface area contributed by atoms with Crippen molar-refractivity contribution in [2.45, 2.75) is 18.3 Å². The molecule has 0 unspecified atom stereocenters. The van der Waals surface area contributed by atoms with E-state index in [1.807, 2.05) is 49.5 Å². The Morgan fingerprint density at radius 3 is 2.52 bits per heavy atom. The highest BCUT2D eigenvalue weighted by Crippen LogP contribution is 2.34. The van der Waals surface area contributed by atoms with E-state index in [1.54, 1.807) is 16.4 Å². The lowest BCUT2D eigenvalue weighted by atomic mass is 10.2. The number of hydrogen-bond acceptors (Lipinski definition) is 6. The standard InChI is InChI=1S/C18H19Cl2N5OS/c1-25-18(22-23-24-25)27-8-7-21-11-14-9-15(19)17(16(20)10-14)26-12-13-5-3-2-4-6-13/h2-6,9-10,21H,7-8,11-12H2,1H3. The Kier molecular flexibility index (Phi) is 7.34. The third-order valence-electron chi connectivity index (χ3n) is 3.70. The van der Waals surface area contributed by atoms with Crippen LogP contribution in [0.1, 0.15) is 11.1 Å². The summed E-state index contributed by atoms with van der Waals surface area (Å²) in [5.74, 6) is 1.37. The monoisotopic (exact) mass is 423 g/mol. The Hall–Kier alpha value is -1.80. The molecule has 1 N–H and O–H groups in total. The molecule has 0 aliphatic carbocycles. The average Bonchev–Trinajstić information content (AvgIpc) is 3.06. The molecule has 0 saturated heterocycles. The fourth-order valence-corrected chi connectivity index (χ4v) is 3.76. The number of aryl methyl sites for hydroxylation is 1. The molecule has 27 heavy (non-hydrogen) atoms. The molecule has 1 heterocycles. The van der Waals surface area contributed by atoms with Crippen LogP contribution in [0.5, 0.6) is 5.75 Å². The summed E-state index contributed by atoms with van der Waals surface area (Å²) in [4.78, 5) is 0. The number of benzene rings is 2. The van der Waals surface area contributed by atoms with Crippen molar-refractivity contribution in [3.63, 3.8) is 0 Å². The molecule has 1 aromatic heterocycles. The highest BCUT2D eigenvalue weighted by molar-refractivity contribution is 7.99. The van der Waals surface area contributed by atoms with Gasteiger partial charge in [-0.25, -0.2) is 4.68 Å². The second kappa shape index (κ2) is 9.94. The Bertz CT molecular complexity index is 852. The SMILES string of the molecule is Cn1nnnc1SCCNCc1cc(Cl)c(OCc2ccccc2)c(Cl)c1. The van der Waals surface area contributed by atoms with Crippen LogP contribution in [0.15, 0.2) is 47.6 Å². The van der Waals surface area contributed by atoms with E-state index in [1.165, 1.54) is 0 Å². The summed E-state index contributed by atoms with van der Waals surface area (Å²) >= 11 is 14.3. The molecule has 2 aromatic carbocycles. The maximum Gasteiger partial charge on any atom is 0.209 e. The van der Waals surface area contributed by atoms with Gasteiger partial charge in [0.15, 0.2) is 5.75 Å². The summed E-state index contributed by atoms with van der Waals surface area (Å²) in [5, 5.41) is 16.5. The number of tetrazole rings is 1. The van der Waals surface area contributed by atoms with Crippen LogP contribution in [0.4, 0.5) is 0 Å². The number of nitrogens with zero attached hydrogens (tertiary/aromatic N) is 4. The number of nitrogens with one attached hydrogen (secondary N) is 1. The van der Waals surface area contributed by atoms with Gasteiger partial charge in [0.05, 0.1) is 10.0 Å². The first kappa shape index (κ1) is 19.9. The van der Waals surface area contributed by atoms with E-state index in [9.17, 15) is 0 Å². The fourth-order valence-electron chi connectivity index (χ4n) is 2.37. The smallest absolute Gasteiger partial charge is 0.209 e. The Morgan fingerprint density at radius 2 is 1.85 bits per heavy atom. The molecular weight excluding hydrogens is 405 g/mol. The van der Waals surface area contributed by atoms with Crippen molar-refractivity contribution >= 4 is 35.0 Å². The third kappa shape index (κ3) is 5.84. The first-order valence-electron chi connectivity index (χ1n) is 8.34. The second-order valence-electron chi connectivity index (χ2n) is 5.77. The molecule has 0 atom stereocenters. The van der Waals surface area contributed by atoms with Crippen molar-refractivity contribution in [2.75, 3.05) is 12.3 Å². The summed E-state index contributed by atoms with van der Waals surface area (Å²) in [6.45, 7) is 1.89. The normalized spacial score (nSPS) is 10.9. The Labute approximate surface area is 172 Å². The minimum Gasteiger partial charge on any atom is -0.486 e. The van der Waals surface area contributed by atoms with E-state index < -0.39 is 0 Å². The van der Waals surface area contributed by atoms with Gasteiger partial charge < -0.3 is 10.1 Å². The van der Waals surface area contributed by atoms with Crippen molar-refractivity contribution in [3.05, 3.63) is 63.6 Å². The van der Waals surface area contributed by atoms with E-state index in [0.717, 1.165) is 28.6 Å². The van der Waals surface area contributed by atoms with E-state index in [0.29, 0.717) is 28.9 Å². The van der Waals surface area contributed by atoms with E-state index in [4.69, 9.17) is 27.9 Å². The summed E-state index contributed by atoms with van der Waals surface area (Å²) in [6, 6.07) is 13.6. The number of hydrogen-bond donors (Lipinski definition) is 1. The van der Waals surface area contributed by atoms with Gasteiger partial charge in [-0.3, -0.25) is 0 Å². The van der Waals surface area contributed by atoms with Gasteiger partial charge in [-0.1, -0.05) is 65.3 Å². The fraction of sp³-hybridized carbons (Fsp3) is 0.278. The maximum absolute atomic E-state index is 6.36.